The molecule has 0 aliphatic carbocycles. The summed E-state index contributed by atoms with van der Waals surface area (Å²) in [6.45, 7) is 2.04. The first-order chi connectivity index (χ1) is 8.56. The predicted molar refractivity (Wildman–Crippen MR) is 78.9 cm³/mol. The molecule has 2 nitrogen and oxygen atoms in total. The Morgan fingerprint density at radius 2 is 2.11 bits per heavy atom. The fourth-order valence-electron chi connectivity index (χ4n) is 1.50. The van der Waals surface area contributed by atoms with E-state index in [1.807, 2.05) is 19.1 Å². The van der Waals surface area contributed by atoms with Crippen LogP contribution in [-0.2, 0) is 4.79 Å². The molecule has 0 atom stereocenters. The monoisotopic (exact) mass is 322 g/mol. The Bertz CT molecular complexity index is 614. The summed E-state index contributed by atoms with van der Waals surface area (Å²) >= 11 is 5.08. The average Bonchev–Trinajstić information content (AvgIpc) is 2.79. The van der Waals surface area contributed by atoms with Crippen molar-refractivity contribution in [2.75, 3.05) is 0 Å². The van der Waals surface area contributed by atoms with Crippen LogP contribution in [0.1, 0.15) is 10.4 Å². The van der Waals surface area contributed by atoms with Crippen molar-refractivity contribution in [1.82, 2.24) is 0 Å². The minimum atomic E-state index is -0.928. The number of hydrogen-bond acceptors (Lipinski definition) is 2. The molecule has 0 amide bonds. The van der Waals surface area contributed by atoms with Gasteiger partial charge in [-0.2, -0.15) is 0 Å². The molecule has 0 bridgehead atoms. The smallest absolute Gasteiger partial charge is 0.328 e. The number of carboxylic acid groups (broad SMARTS) is 1. The van der Waals surface area contributed by atoms with Crippen LogP contribution in [0.25, 0.3) is 16.5 Å². The maximum absolute atomic E-state index is 10.4. The Labute approximate surface area is 118 Å². The van der Waals surface area contributed by atoms with Crippen molar-refractivity contribution in [3.05, 3.63) is 51.3 Å². The number of rotatable bonds is 3. The first-order valence-corrected chi connectivity index (χ1v) is 6.94. The number of hydrogen-bond donors (Lipinski definition) is 1. The molecule has 1 N–H and O–H groups in total. The van der Waals surface area contributed by atoms with Gasteiger partial charge in [0.05, 0.1) is 0 Å². The highest BCUT2D eigenvalue weighted by atomic mass is 79.9. The molecular formula is C14H11BrO2S. The van der Waals surface area contributed by atoms with Crippen molar-refractivity contribution in [2.45, 2.75) is 6.92 Å². The number of carbonyl (C=O) groups is 1. The van der Waals surface area contributed by atoms with Crippen LogP contribution in [0.5, 0.6) is 0 Å². The highest BCUT2D eigenvalue weighted by molar-refractivity contribution is 9.10. The molecule has 0 fully saturated rings. The first kappa shape index (κ1) is 13.1. The highest BCUT2D eigenvalue weighted by Gasteiger charge is 2.03. The van der Waals surface area contributed by atoms with E-state index in [9.17, 15) is 4.79 Å². The van der Waals surface area contributed by atoms with Crippen molar-refractivity contribution < 1.29 is 9.90 Å². The van der Waals surface area contributed by atoms with Gasteiger partial charge in [-0.1, -0.05) is 28.1 Å². The Balaban J connectivity index is 2.29. The molecule has 0 saturated heterocycles. The summed E-state index contributed by atoms with van der Waals surface area (Å²) in [5.41, 5.74) is 2.33. The van der Waals surface area contributed by atoms with Crippen LogP contribution in [0.2, 0.25) is 0 Å². The van der Waals surface area contributed by atoms with Crippen LogP contribution in [0.15, 0.2) is 40.9 Å². The minimum absolute atomic E-state index is 0.928. The maximum Gasteiger partial charge on any atom is 0.328 e. The fourth-order valence-corrected chi connectivity index (χ4v) is 2.78. The molecule has 2 rings (SSSR count). The number of halogens is 1. The SMILES string of the molecule is Cc1ccc(-c2ccc(C=CC(=O)O)s2)cc1Br. The van der Waals surface area contributed by atoms with Crippen molar-refractivity contribution in [1.29, 1.82) is 0 Å². The van der Waals surface area contributed by atoms with Gasteiger partial charge < -0.3 is 5.11 Å². The van der Waals surface area contributed by atoms with Gasteiger partial charge in [0.2, 0.25) is 0 Å². The molecule has 1 heterocycles. The zero-order chi connectivity index (χ0) is 13.1. The van der Waals surface area contributed by atoms with Crippen LogP contribution in [0.4, 0.5) is 0 Å². The predicted octanol–water partition coefficient (Wildman–Crippen LogP) is 4.58. The van der Waals surface area contributed by atoms with E-state index < -0.39 is 5.97 Å². The summed E-state index contributed by atoms with van der Waals surface area (Å²) in [5.74, 6) is -0.928. The number of aryl methyl sites for hydroxylation is 1. The zero-order valence-electron chi connectivity index (χ0n) is 9.68. The van der Waals surface area contributed by atoms with Gasteiger partial charge >= 0.3 is 5.97 Å². The maximum atomic E-state index is 10.4. The van der Waals surface area contributed by atoms with Gasteiger partial charge in [0.25, 0.3) is 0 Å². The molecule has 2 aromatic rings. The van der Waals surface area contributed by atoms with Gasteiger partial charge in [0, 0.05) is 20.3 Å². The Morgan fingerprint density at radius 3 is 2.78 bits per heavy atom. The quantitative estimate of drug-likeness (QED) is 0.839. The van der Waals surface area contributed by atoms with Gasteiger partial charge in [-0.05, 0) is 42.3 Å². The second-order valence-electron chi connectivity index (χ2n) is 3.84. The molecule has 1 aromatic heterocycles. The Morgan fingerprint density at radius 1 is 1.33 bits per heavy atom. The van der Waals surface area contributed by atoms with Crippen molar-refractivity contribution in [2.24, 2.45) is 0 Å². The standard InChI is InChI=1S/C14H11BrO2S/c1-9-2-3-10(8-12(9)15)13-6-4-11(18-13)5-7-14(16)17/h2-8H,1H3,(H,16,17). The molecule has 0 aliphatic rings. The van der Waals surface area contributed by atoms with E-state index >= 15 is 0 Å². The van der Waals surface area contributed by atoms with E-state index in [0.29, 0.717) is 0 Å². The lowest BCUT2D eigenvalue weighted by molar-refractivity contribution is -0.131. The fraction of sp³-hybridized carbons (Fsp3) is 0.0714. The minimum Gasteiger partial charge on any atom is -0.478 e. The highest BCUT2D eigenvalue weighted by Crippen LogP contribution is 2.31. The number of benzene rings is 1. The van der Waals surface area contributed by atoms with E-state index in [2.05, 4.69) is 34.1 Å². The molecular weight excluding hydrogens is 312 g/mol. The van der Waals surface area contributed by atoms with Gasteiger partial charge in [-0.25, -0.2) is 4.79 Å². The average molecular weight is 323 g/mol. The van der Waals surface area contributed by atoms with Crippen LogP contribution >= 0.6 is 27.3 Å². The largest absolute Gasteiger partial charge is 0.478 e. The summed E-state index contributed by atoms with van der Waals surface area (Å²) < 4.78 is 1.08. The van der Waals surface area contributed by atoms with Gasteiger partial charge in [-0.15, -0.1) is 11.3 Å². The van der Waals surface area contributed by atoms with E-state index in [0.717, 1.165) is 25.9 Å². The van der Waals surface area contributed by atoms with E-state index in [1.54, 1.807) is 17.4 Å². The number of carboxylic acids is 1. The van der Waals surface area contributed by atoms with E-state index in [4.69, 9.17) is 5.11 Å². The van der Waals surface area contributed by atoms with Crippen molar-refractivity contribution in [3.8, 4) is 10.4 Å². The molecule has 0 unspecified atom stereocenters. The summed E-state index contributed by atoms with van der Waals surface area (Å²) in [6.07, 6.45) is 2.76. The Kier molecular flexibility index (Phi) is 3.99. The lowest BCUT2D eigenvalue weighted by Gasteiger charge is -2.01. The summed E-state index contributed by atoms with van der Waals surface area (Å²) in [6, 6.07) is 10.1. The molecule has 0 radical (unpaired) electrons. The molecule has 0 aliphatic heterocycles. The topological polar surface area (TPSA) is 37.3 Å². The summed E-state index contributed by atoms with van der Waals surface area (Å²) in [4.78, 5) is 12.5. The third-order valence-corrected chi connectivity index (χ3v) is 4.43. The van der Waals surface area contributed by atoms with Crippen molar-refractivity contribution >= 4 is 39.3 Å². The number of aliphatic carboxylic acids is 1. The second-order valence-corrected chi connectivity index (χ2v) is 5.81. The van der Waals surface area contributed by atoms with Crippen molar-refractivity contribution in [3.63, 3.8) is 0 Å². The van der Waals surface area contributed by atoms with Crippen LogP contribution in [-0.4, -0.2) is 11.1 Å². The van der Waals surface area contributed by atoms with Gasteiger partial charge in [0.15, 0.2) is 0 Å². The molecule has 0 spiro atoms. The lowest BCUT2D eigenvalue weighted by atomic mass is 10.1. The zero-order valence-corrected chi connectivity index (χ0v) is 12.1. The van der Waals surface area contributed by atoms with E-state index in [-0.39, 0.29) is 0 Å². The van der Waals surface area contributed by atoms with Gasteiger partial charge in [-0.3, -0.25) is 0 Å². The van der Waals surface area contributed by atoms with Crippen LogP contribution in [0, 0.1) is 6.92 Å². The molecule has 0 saturated carbocycles. The molecule has 92 valence electrons. The normalized spacial score (nSPS) is 11.0. The molecule has 1 aromatic carbocycles. The first-order valence-electron chi connectivity index (χ1n) is 5.33. The molecule has 18 heavy (non-hydrogen) atoms. The van der Waals surface area contributed by atoms with E-state index in [1.165, 1.54) is 5.56 Å². The van der Waals surface area contributed by atoms with Crippen LogP contribution in [0.3, 0.4) is 0 Å². The third kappa shape index (κ3) is 3.09. The van der Waals surface area contributed by atoms with Crippen LogP contribution < -0.4 is 0 Å². The molecule has 4 heteroatoms. The summed E-state index contributed by atoms with van der Waals surface area (Å²) in [5, 5.41) is 8.58. The third-order valence-electron chi connectivity index (χ3n) is 2.47. The summed E-state index contributed by atoms with van der Waals surface area (Å²) in [7, 11) is 0. The lowest BCUT2D eigenvalue weighted by Crippen LogP contribution is -1.84. The van der Waals surface area contributed by atoms with Gasteiger partial charge in [0.1, 0.15) is 0 Å². The Hall–Kier alpha value is -1.39. The second kappa shape index (κ2) is 5.50. The number of thiophene rings is 1.